The van der Waals surface area contributed by atoms with Crippen LogP contribution in [-0.4, -0.2) is 36.6 Å². The summed E-state index contributed by atoms with van der Waals surface area (Å²) in [4.78, 5) is 25.4. The summed E-state index contributed by atoms with van der Waals surface area (Å²) in [5, 5.41) is 2.83. The Morgan fingerprint density at radius 3 is 3.10 bits per heavy atom. The third-order valence-electron chi connectivity index (χ3n) is 3.34. The van der Waals surface area contributed by atoms with E-state index < -0.39 is 0 Å². The minimum atomic E-state index is -0.337. The summed E-state index contributed by atoms with van der Waals surface area (Å²) in [5.41, 5.74) is 0. The quantitative estimate of drug-likeness (QED) is 0.912. The summed E-state index contributed by atoms with van der Waals surface area (Å²) in [6.45, 7) is 3.57. The lowest BCUT2D eigenvalue weighted by Crippen LogP contribution is -2.45. The predicted octanol–water partition coefficient (Wildman–Crippen LogP) is 1.76. The molecule has 0 radical (unpaired) electrons. The molecule has 2 heterocycles. The van der Waals surface area contributed by atoms with E-state index in [0.717, 1.165) is 18.6 Å². The van der Waals surface area contributed by atoms with Gasteiger partial charge in [0.25, 0.3) is 0 Å². The highest BCUT2D eigenvalue weighted by Gasteiger charge is 2.28. The minimum absolute atomic E-state index is 0.0459. The summed E-state index contributed by atoms with van der Waals surface area (Å²) in [6.07, 6.45) is 2.85. The molecule has 6 heteroatoms. The van der Waals surface area contributed by atoms with Crippen molar-refractivity contribution in [2.24, 2.45) is 5.92 Å². The Labute approximate surface area is 118 Å². The summed E-state index contributed by atoms with van der Waals surface area (Å²) in [5.74, 6) is 0.495. The molecule has 1 aliphatic heterocycles. The van der Waals surface area contributed by atoms with Crippen molar-refractivity contribution < 1.29 is 18.7 Å². The Hall–Kier alpha value is -1.98. The summed E-state index contributed by atoms with van der Waals surface area (Å²) in [7, 11) is 0. The lowest BCUT2D eigenvalue weighted by molar-refractivity contribution is -0.126. The fourth-order valence-electron chi connectivity index (χ4n) is 2.30. The highest BCUT2D eigenvalue weighted by atomic mass is 16.6. The van der Waals surface area contributed by atoms with Crippen molar-refractivity contribution in [3.8, 4) is 0 Å². The summed E-state index contributed by atoms with van der Waals surface area (Å²) < 4.78 is 10.1. The molecule has 2 amide bonds. The maximum Gasteiger partial charge on any atom is 0.409 e. The fourth-order valence-corrected chi connectivity index (χ4v) is 2.30. The number of likely N-dealkylation sites (tertiary alicyclic amines) is 1. The molecular formula is C14H20N2O4. The van der Waals surface area contributed by atoms with Gasteiger partial charge in [0.1, 0.15) is 5.76 Å². The average Bonchev–Trinajstić information content (AvgIpc) is 2.98. The molecule has 1 atom stereocenters. The van der Waals surface area contributed by atoms with Gasteiger partial charge in [-0.15, -0.1) is 0 Å². The Morgan fingerprint density at radius 1 is 1.55 bits per heavy atom. The first-order valence-corrected chi connectivity index (χ1v) is 6.92. The second kappa shape index (κ2) is 6.98. The van der Waals surface area contributed by atoms with Crippen molar-refractivity contribution in [3.05, 3.63) is 24.2 Å². The van der Waals surface area contributed by atoms with Gasteiger partial charge in [-0.1, -0.05) is 0 Å². The number of rotatable bonds is 4. The molecule has 0 aromatic carbocycles. The lowest BCUT2D eigenvalue weighted by atomic mass is 9.97. The van der Waals surface area contributed by atoms with Gasteiger partial charge in [0, 0.05) is 13.1 Å². The van der Waals surface area contributed by atoms with Gasteiger partial charge in [0.2, 0.25) is 5.91 Å². The van der Waals surface area contributed by atoms with Crippen LogP contribution in [0.15, 0.2) is 22.8 Å². The third-order valence-corrected chi connectivity index (χ3v) is 3.34. The number of furan rings is 1. The molecule has 1 aromatic heterocycles. The van der Waals surface area contributed by atoms with E-state index in [1.165, 1.54) is 0 Å². The highest BCUT2D eigenvalue weighted by molar-refractivity contribution is 5.79. The number of hydrogen-bond donors (Lipinski definition) is 1. The van der Waals surface area contributed by atoms with E-state index in [0.29, 0.717) is 26.2 Å². The van der Waals surface area contributed by atoms with Crippen molar-refractivity contribution in [2.45, 2.75) is 26.3 Å². The van der Waals surface area contributed by atoms with E-state index in [9.17, 15) is 9.59 Å². The van der Waals surface area contributed by atoms with Crippen molar-refractivity contribution in [1.29, 1.82) is 0 Å². The standard InChI is InChI=1S/C14H20N2O4/c1-2-19-14(18)16-7-3-5-11(10-16)13(17)15-9-12-6-4-8-20-12/h4,6,8,11H,2-3,5,7,9-10H2,1H3,(H,15,17)/t11-/m1/s1. The first-order chi connectivity index (χ1) is 9.70. The molecular weight excluding hydrogens is 260 g/mol. The molecule has 0 aliphatic carbocycles. The molecule has 1 N–H and O–H groups in total. The van der Waals surface area contributed by atoms with Gasteiger partial charge in [0.05, 0.1) is 25.3 Å². The average molecular weight is 280 g/mol. The van der Waals surface area contributed by atoms with Crippen molar-refractivity contribution in [3.63, 3.8) is 0 Å². The van der Waals surface area contributed by atoms with E-state index in [-0.39, 0.29) is 17.9 Å². The van der Waals surface area contributed by atoms with Gasteiger partial charge in [-0.2, -0.15) is 0 Å². The predicted molar refractivity (Wildman–Crippen MR) is 71.9 cm³/mol. The van der Waals surface area contributed by atoms with Crippen molar-refractivity contribution in [2.75, 3.05) is 19.7 Å². The second-order valence-corrected chi connectivity index (χ2v) is 4.78. The zero-order chi connectivity index (χ0) is 14.4. The Kier molecular flexibility index (Phi) is 5.03. The number of nitrogens with one attached hydrogen (secondary N) is 1. The minimum Gasteiger partial charge on any atom is -0.467 e. The fraction of sp³-hybridized carbons (Fsp3) is 0.571. The molecule has 0 saturated carbocycles. The molecule has 2 rings (SSSR count). The zero-order valence-corrected chi connectivity index (χ0v) is 11.6. The SMILES string of the molecule is CCOC(=O)N1CCC[C@@H](C(=O)NCc2ccco2)C1. The van der Waals surface area contributed by atoms with Gasteiger partial charge < -0.3 is 19.4 Å². The zero-order valence-electron chi connectivity index (χ0n) is 11.6. The normalized spacial score (nSPS) is 18.6. The Morgan fingerprint density at radius 2 is 2.40 bits per heavy atom. The number of amides is 2. The van der Waals surface area contributed by atoms with Gasteiger partial charge in [0.15, 0.2) is 0 Å². The van der Waals surface area contributed by atoms with E-state index in [4.69, 9.17) is 9.15 Å². The van der Waals surface area contributed by atoms with Crippen LogP contribution < -0.4 is 5.32 Å². The monoisotopic (exact) mass is 280 g/mol. The molecule has 1 aromatic rings. The van der Waals surface area contributed by atoms with Crippen molar-refractivity contribution >= 4 is 12.0 Å². The number of carbonyl (C=O) groups is 2. The van der Waals surface area contributed by atoms with E-state index in [1.807, 2.05) is 6.07 Å². The number of ether oxygens (including phenoxy) is 1. The molecule has 6 nitrogen and oxygen atoms in total. The van der Waals surface area contributed by atoms with Crippen LogP contribution in [0.5, 0.6) is 0 Å². The number of carbonyl (C=O) groups excluding carboxylic acids is 2. The lowest BCUT2D eigenvalue weighted by Gasteiger charge is -2.31. The Bertz CT molecular complexity index is 444. The van der Waals surface area contributed by atoms with Crippen LogP contribution in [0.1, 0.15) is 25.5 Å². The number of nitrogens with zero attached hydrogens (tertiary/aromatic N) is 1. The smallest absolute Gasteiger partial charge is 0.409 e. The highest BCUT2D eigenvalue weighted by Crippen LogP contribution is 2.17. The summed E-state index contributed by atoms with van der Waals surface area (Å²) >= 11 is 0. The first kappa shape index (κ1) is 14.4. The van der Waals surface area contributed by atoms with E-state index in [2.05, 4.69) is 5.32 Å². The topological polar surface area (TPSA) is 71.8 Å². The number of piperidine rings is 1. The van der Waals surface area contributed by atoms with Crippen LogP contribution in [0.25, 0.3) is 0 Å². The van der Waals surface area contributed by atoms with E-state index in [1.54, 1.807) is 24.2 Å². The molecule has 1 aliphatic rings. The van der Waals surface area contributed by atoms with Gasteiger partial charge in [-0.3, -0.25) is 4.79 Å². The van der Waals surface area contributed by atoms with Crippen LogP contribution in [0.4, 0.5) is 4.79 Å². The maximum atomic E-state index is 12.1. The van der Waals surface area contributed by atoms with Gasteiger partial charge >= 0.3 is 6.09 Å². The van der Waals surface area contributed by atoms with E-state index >= 15 is 0 Å². The molecule has 1 saturated heterocycles. The molecule has 110 valence electrons. The molecule has 0 bridgehead atoms. The Balaban J connectivity index is 1.81. The molecule has 0 spiro atoms. The molecule has 1 fully saturated rings. The maximum absolute atomic E-state index is 12.1. The number of hydrogen-bond acceptors (Lipinski definition) is 4. The van der Waals surface area contributed by atoms with Crippen molar-refractivity contribution in [1.82, 2.24) is 10.2 Å². The van der Waals surface area contributed by atoms with Crippen LogP contribution in [0.3, 0.4) is 0 Å². The first-order valence-electron chi connectivity index (χ1n) is 6.92. The summed E-state index contributed by atoms with van der Waals surface area (Å²) in [6, 6.07) is 3.59. The van der Waals surface area contributed by atoms with Crippen LogP contribution in [0.2, 0.25) is 0 Å². The molecule has 0 unspecified atom stereocenters. The second-order valence-electron chi connectivity index (χ2n) is 4.78. The molecule has 20 heavy (non-hydrogen) atoms. The van der Waals surface area contributed by atoms with Crippen LogP contribution in [-0.2, 0) is 16.1 Å². The van der Waals surface area contributed by atoms with Gasteiger partial charge in [-0.05, 0) is 31.9 Å². The largest absolute Gasteiger partial charge is 0.467 e. The van der Waals surface area contributed by atoms with Crippen LogP contribution in [0, 0.1) is 5.92 Å². The van der Waals surface area contributed by atoms with Crippen LogP contribution >= 0.6 is 0 Å². The van der Waals surface area contributed by atoms with Gasteiger partial charge in [-0.25, -0.2) is 4.79 Å². The third kappa shape index (κ3) is 3.76.